The van der Waals surface area contributed by atoms with Gasteiger partial charge in [0.1, 0.15) is 0 Å². The standard InChI is InChI=1S/C55H81NO19/c1-27-11-14-37-30(4)43(64-46-53(37)23-34(27)17-20-49(8,67-46)70-73-53)61-40(58)24-52(56-33(7)57,25-41(59)62-44-31(5)38-15-12-28(2)35-18-21-50(9)68-47(65-44)54(35,38)74-71-50)26-42(60)63-45-32(6)39-16-13-29(3)36-19-22-51(10)69-48(66-45)55(36,39)75-72-51/h27-32,34-39,43-48H,11-26H2,1-10H3,(H,56,57)/t27-,28-,29-,30-,31-,32-,34-,35+,36+,37+,38+,39+,43?,44?,45?,46-,47-,48-,49?,50?,51?,52?,53-,54-,55-/m1/s1. The third-order valence-electron chi connectivity index (χ3n) is 21.2. The summed E-state index contributed by atoms with van der Waals surface area (Å²) in [6, 6.07) is 0. The molecule has 0 aromatic carbocycles. The molecule has 3 saturated carbocycles. The van der Waals surface area contributed by atoms with Crippen LogP contribution in [-0.4, -0.2) is 101 Å². The lowest BCUT2D eigenvalue weighted by Crippen LogP contribution is -2.70. The highest BCUT2D eigenvalue weighted by molar-refractivity contribution is 5.83. The largest absolute Gasteiger partial charge is 0.435 e. The molecule has 12 aliphatic heterocycles. The first-order chi connectivity index (χ1) is 35.5. The molecular formula is C55H81NO19. The predicted molar refractivity (Wildman–Crippen MR) is 254 cm³/mol. The zero-order chi connectivity index (χ0) is 52.8. The number of carbonyl (C=O) groups excluding carboxylic acids is 4. The van der Waals surface area contributed by atoms with E-state index in [0.29, 0.717) is 49.4 Å². The van der Waals surface area contributed by atoms with Crippen molar-refractivity contribution in [2.45, 2.75) is 249 Å². The molecule has 12 saturated heterocycles. The summed E-state index contributed by atoms with van der Waals surface area (Å²) in [5.74, 6) is -6.43. The first-order valence-corrected chi connectivity index (χ1v) is 28.5. The predicted octanol–water partition coefficient (Wildman–Crippen LogP) is 7.68. The Hall–Kier alpha value is -2.60. The van der Waals surface area contributed by atoms with Crippen LogP contribution >= 0.6 is 0 Å². The van der Waals surface area contributed by atoms with Crippen molar-refractivity contribution >= 4 is 23.8 Å². The Labute approximate surface area is 439 Å². The molecule has 15 aliphatic rings. The normalized spacial score (nSPS) is 52.9. The molecule has 0 radical (unpaired) electrons. The van der Waals surface area contributed by atoms with Crippen LogP contribution in [-0.2, 0) is 91.1 Å². The summed E-state index contributed by atoms with van der Waals surface area (Å²) in [6.07, 6.45) is 2.06. The molecule has 15 rings (SSSR count). The zero-order valence-electron chi connectivity index (χ0n) is 45.5. The fourth-order valence-corrected chi connectivity index (χ4v) is 17.0. The van der Waals surface area contributed by atoms with Gasteiger partial charge in [-0.25, -0.2) is 29.3 Å². The Balaban J connectivity index is 0.820. The lowest BCUT2D eigenvalue weighted by atomic mass is 9.58. The van der Waals surface area contributed by atoms with Gasteiger partial charge in [-0.2, -0.15) is 0 Å². The molecule has 420 valence electrons. The van der Waals surface area contributed by atoms with E-state index in [0.717, 1.165) is 57.8 Å². The maximum atomic E-state index is 14.8. The van der Waals surface area contributed by atoms with Gasteiger partial charge in [0, 0.05) is 61.7 Å². The van der Waals surface area contributed by atoms with Crippen LogP contribution in [0.25, 0.3) is 0 Å². The fourth-order valence-electron chi connectivity index (χ4n) is 17.0. The number of nitrogens with one attached hydrogen (secondary N) is 1. The molecule has 12 heterocycles. The van der Waals surface area contributed by atoms with Crippen LogP contribution in [0.2, 0.25) is 0 Å². The second kappa shape index (κ2) is 18.7. The van der Waals surface area contributed by atoms with Crippen LogP contribution in [0.5, 0.6) is 0 Å². The van der Waals surface area contributed by atoms with E-state index < -0.39 is 121 Å². The Morgan fingerprint density at radius 2 is 0.880 bits per heavy atom. The van der Waals surface area contributed by atoms with Crippen LogP contribution < -0.4 is 5.32 Å². The van der Waals surface area contributed by atoms with Gasteiger partial charge in [0.2, 0.25) is 42.1 Å². The van der Waals surface area contributed by atoms with Gasteiger partial charge in [-0.1, -0.05) is 48.0 Å². The quantitative estimate of drug-likeness (QED) is 0.126. The third kappa shape index (κ3) is 8.65. The lowest BCUT2D eigenvalue weighted by molar-refractivity contribution is -0.580. The number of hydrogen-bond acceptors (Lipinski definition) is 19. The summed E-state index contributed by atoms with van der Waals surface area (Å²) >= 11 is 0. The van der Waals surface area contributed by atoms with Gasteiger partial charge < -0.3 is 47.9 Å². The number of amides is 1. The number of rotatable bonds is 10. The van der Waals surface area contributed by atoms with Crippen LogP contribution in [0.1, 0.15) is 172 Å². The van der Waals surface area contributed by atoms with E-state index in [2.05, 4.69) is 26.1 Å². The van der Waals surface area contributed by atoms with Gasteiger partial charge in [0.25, 0.3) is 0 Å². The number of esters is 3. The Morgan fingerprint density at radius 3 is 1.36 bits per heavy atom. The molecule has 3 spiro atoms. The maximum Gasteiger partial charge on any atom is 0.310 e. The Bertz CT molecular complexity index is 2160. The summed E-state index contributed by atoms with van der Waals surface area (Å²) in [6.45, 7) is 19.3. The molecular weight excluding hydrogens is 979 g/mol. The third-order valence-corrected chi connectivity index (χ3v) is 21.2. The maximum absolute atomic E-state index is 14.8. The van der Waals surface area contributed by atoms with Gasteiger partial charge >= 0.3 is 17.9 Å². The van der Waals surface area contributed by atoms with Crippen molar-refractivity contribution in [2.24, 2.45) is 71.0 Å². The van der Waals surface area contributed by atoms with E-state index in [1.807, 2.05) is 41.5 Å². The average molecular weight is 1060 g/mol. The molecule has 6 unspecified atom stereocenters. The van der Waals surface area contributed by atoms with E-state index in [1.165, 1.54) is 6.92 Å². The van der Waals surface area contributed by atoms with Crippen molar-refractivity contribution < 1.29 is 91.1 Å². The minimum absolute atomic E-state index is 0.0778. The van der Waals surface area contributed by atoms with E-state index in [4.69, 9.17) is 72.0 Å². The minimum Gasteiger partial charge on any atom is -0.435 e. The second-order valence-electron chi connectivity index (χ2n) is 26.2. The minimum atomic E-state index is -1.94. The summed E-state index contributed by atoms with van der Waals surface area (Å²) in [5, 5.41) is 2.85. The first kappa shape index (κ1) is 53.1. The highest BCUT2D eigenvalue weighted by Gasteiger charge is 2.72. The summed E-state index contributed by atoms with van der Waals surface area (Å²) in [4.78, 5) is 94.9. The number of ether oxygens (including phenoxy) is 9. The summed E-state index contributed by atoms with van der Waals surface area (Å²) < 4.78 is 58.4. The van der Waals surface area contributed by atoms with E-state index in [-0.39, 0.29) is 47.3 Å². The van der Waals surface area contributed by atoms with Gasteiger partial charge in [-0.15, -0.1) is 0 Å². The molecule has 7 bridgehead atoms. The first-order valence-electron chi connectivity index (χ1n) is 28.5. The van der Waals surface area contributed by atoms with E-state index >= 15 is 0 Å². The van der Waals surface area contributed by atoms with E-state index in [1.54, 1.807) is 0 Å². The molecule has 75 heavy (non-hydrogen) atoms. The molecule has 0 aromatic rings. The summed E-state index contributed by atoms with van der Waals surface area (Å²) in [5.41, 5.74) is -4.70. The number of carbonyl (C=O) groups is 4. The molecule has 3 aliphatic carbocycles. The molecule has 1 amide bonds. The Kier molecular flexibility index (Phi) is 13.3. The van der Waals surface area contributed by atoms with Crippen molar-refractivity contribution in [3.05, 3.63) is 0 Å². The number of hydrogen-bond donors (Lipinski definition) is 1. The van der Waals surface area contributed by atoms with Crippen molar-refractivity contribution in [3.8, 4) is 0 Å². The molecule has 15 fully saturated rings. The van der Waals surface area contributed by atoms with Crippen LogP contribution in [0.4, 0.5) is 0 Å². The molecule has 24 atom stereocenters. The highest BCUT2D eigenvalue weighted by Crippen LogP contribution is 2.63. The van der Waals surface area contributed by atoms with Crippen molar-refractivity contribution in [1.82, 2.24) is 5.32 Å². The van der Waals surface area contributed by atoms with Crippen molar-refractivity contribution in [1.29, 1.82) is 0 Å². The number of fused-ring (bicyclic) bond motifs is 6. The van der Waals surface area contributed by atoms with Crippen LogP contribution in [0, 0.1) is 71.0 Å². The second-order valence-corrected chi connectivity index (χ2v) is 26.2. The van der Waals surface area contributed by atoms with Gasteiger partial charge in [-0.05, 0) is 114 Å². The van der Waals surface area contributed by atoms with Gasteiger partial charge in [0.05, 0.1) is 24.8 Å². The van der Waals surface area contributed by atoms with Gasteiger partial charge in [0.15, 0.2) is 35.7 Å². The van der Waals surface area contributed by atoms with Crippen molar-refractivity contribution in [3.63, 3.8) is 0 Å². The molecule has 20 heteroatoms. The monoisotopic (exact) mass is 1060 g/mol. The van der Waals surface area contributed by atoms with Crippen LogP contribution in [0.3, 0.4) is 0 Å². The van der Waals surface area contributed by atoms with Crippen molar-refractivity contribution in [2.75, 3.05) is 0 Å². The zero-order valence-corrected chi connectivity index (χ0v) is 45.5. The lowest BCUT2D eigenvalue weighted by Gasteiger charge is -2.60. The molecule has 0 aromatic heterocycles. The van der Waals surface area contributed by atoms with Crippen LogP contribution in [0.15, 0.2) is 0 Å². The van der Waals surface area contributed by atoms with E-state index in [9.17, 15) is 19.2 Å². The smallest absolute Gasteiger partial charge is 0.310 e. The molecule has 1 N–H and O–H groups in total. The molecule has 20 nitrogen and oxygen atoms in total. The SMILES string of the molecule is CC(=O)NC(CC(=O)OC1O[C@@H]2OC3(C)CC[C@@H]4C[C@@]2(OO3)[C@@H](CC[C@H]4C)[C@H]1C)(CC(=O)OC1O[C@@H]2OC3(C)CC[C@H]4[C@H](C)CC[C@@H]([C@H]1C)[C@@]24OO3)CC(=O)OC1O[C@@H]2OC3(C)CC[C@H]4[C@H](C)CC[C@@H]([C@H]1C)[C@@]24OO3. The average Bonchev–Trinajstić information content (AvgIpc) is 3.94. The summed E-state index contributed by atoms with van der Waals surface area (Å²) in [7, 11) is 0. The Morgan fingerprint density at radius 1 is 0.480 bits per heavy atom. The fraction of sp³-hybridized carbons (Fsp3) is 0.927. The highest BCUT2D eigenvalue weighted by atomic mass is 17.3. The van der Waals surface area contributed by atoms with Gasteiger partial charge in [-0.3, -0.25) is 19.2 Å². The topological polar surface area (TPSA) is 219 Å².